The zero-order valence-corrected chi connectivity index (χ0v) is 26.2. The lowest BCUT2D eigenvalue weighted by Gasteiger charge is -2.25. The Hall–Kier alpha value is -6.02. The van der Waals surface area contributed by atoms with Crippen molar-refractivity contribution >= 4 is 33.1 Å². The first-order valence-corrected chi connectivity index (χ1v) is 16.4. The first-order chi connectivity index (χ1) is 22.9. The molecule has 47 heavy (non-hydrogen) atoms. The van der Waals surface area contributed by atoms with Gasteiger partial charge in [-0.25, -0.2) is 28.0 Å². The molecule has 0 atom stereocenters. The number of nitrogens with zero attached hydrogens (tertiary/aromatic N) is 4. The van der Waals surface area contributed by atoms with Crippen LogP contribution in [0.3, 0.4) is 0 Å². The largest absolute Gasteiger partial charge is 0.486 e. The van der Waals surface area contributed by atoms with E-state index in [2.05, 4.69) is 61.1 Å². The maximum Gasteiger partial charge on any atom is 0.232 e. The van der Waals surface area contributed by atoms with Gasteiger partial charge < -0.3 is 14.2 Å². The van der Waals surface area contributed by atoms with Gasteiger partial charge in [0.05, 0.1) is 17.2 Å². The second-order valence-electron chi connectivity index (χ2n) is 9.29. The summed E-state index contributed by atoms with van der Waals surface area (Å²) in [6.07, 6.45) is 1.61. The number of benzene rings is 1. The molecule has 0 radical (unpaired) electrons. The number of sulfone groups is 1. The first-order valence-electron chi connectivity index (χ1n) is 13.7. The molecule has 1 fully saturated rings. The number of hydrogen-bond donors (Lipinski definition) is 0. The minimum atomic E-state index is -2.90. The Labute approximate surface area is 273 Å². The minimum absolute atomic E-state index is 0.186. The fourth-order valence-corrected chi connectivity index (χ4v) is 6.11. The maximum absolute atomic E-state index is 11.6. The van der Waals surface area contributed by atoms with E-state index in [1.54, 1.807) is 12.3 Å². The van der Waals surface area contributed by atoms with Gasteiger partial charge >= 0.3 is 0 Å². The Morgan fingerprint density at radius 1 is 0.894 bits per heavy atom. The van der Waals surface area contributed by atoms with Gasteiger partial charge in [0.15, 0.2) is 33.2 Å². The molecule has 0 aliphatic carbocycles. The maximum atomic E-state index is 11.6. The van der Waals surface area contributed by atoms with Crippen LogP contribution in [0.2, 0.25) is 0 Å². The molecule has 0 N–H and O–H groups in total. The first kappa shape index (κ1) is 33.9. The molecule has 2 aromatic heterocycles. The quantitative estimate of drug-likeness (QED) is 0.283. The Balaban J connectivity index is 0.000000328. The molecule has 13 heteroatoms. The molecule has 2 aliphatic heterocycles. The highest BCUT2D eigenvalue weighted by atomic mass is 32.2. The van der Waals surface area contributed by atoms with Crippen molar-refractivity contribution in [1.29, 1.82) is 5.26 Å². The molecule has 0 spiro atoms. The molecule has 0 unspecified atom stereocenters. The van der Waals surface area contributed by atoms with Crippen LogP contribution < -0.4 is 14.2 Å². The zero-order chi connectivity index (χ0) is 33.3. The molecule has 1 saturated heterocycles. The summed E-state index contributed by atoms with van der Waals surface area (Å²) in [7, 11) is -2.90. The summed E-state index contributed by atoms with van der Waals surface area (Å²) in [5, 5.41) is 12.5. The van der Waals surface area contributed by atoms with Crippen molar-refractivity contribution in [3.8, 4) is 34.6 Å². The number of carbonyl (C=O) groups excluding carboxylic acids is 2. The van der Waals surface area contributed by atoms with Crippen LogP contribution in [-0.4, -0.2) is 73.0 Å². The number of aromatic nitrogens is 2. The lowest BCUT2D eigenvalue weighted by atomic mass is 10.0. The van der Waals surface area contributed by atoms with E-state index in [0.717, 1.165) is 16.3 Å². The SMILES string of the molecule is N#Cc1c(-c2ccc3c(c2)OCCO3)ccnc1OCc1nc(CN2CCS(=O)(=O)CC2)cs1.O=C=C=C=C=C=C=C=C=C=C=C=O. The van der Waals surface area contributed by atoms with Crippen LogP contribution in [0.4, 0.5) is 0 Å². The van der Waals surface area contributed by atoms with Crippen LogP contribution in [0.25, 0.3) is 11.1 Å². The van der Waals surface area contributed by atoms with E-state index in [1.807, 2.05) is 35.0 Å². The summed E-state index contributed by atoms with van der Waals surface area (Å²) in [6.45, 7) is 2.83. The highest BCUT2D eigenvalue weighted by molar-refractivity contribution is 7.91. The average molecular weight is 663 g/mol. The van der Waals surface area contributed by atoms with E-state index in [4.69, 9.17) is 14.2 Å². The van der Waals surface area contributed by atoms with Crippen LogP contribution in [0, 0.1) is 11.3 Å². The molecular formula is C34H22N4O7S2. The molecule has 1 aromatic carbocycles. The van der Waals surface area contributed by atoms with E-state index in [-0.39, 0.29) is 24.0 Å². The van der Waals surface area contributed by atoms with Crippen molar-refractivity contribution in [2.45, 2.75) is 13.2 Å². The van der Waals surface area contributed by atoms with E-state index in [0.29, 0.717) is 55.5 Å². The molecular weight excluding hydrogens is 641 g/mol. The number of fused-ring (bicyclic) bond motifs is 1. The average Bonchev–Trinajstić information content (AvgIpc) is 3.54. The van der Waals surface area contributed by atoms with Crippen molar-refractivity contribution in [3.63, 3.8) is 0 Å². The third-order valence-electron chi connectivity index (χ3n) is 6.24. The Morgan fingerprint density at radius 2 is 1.53 bits per heavy atom. The lowest BCUT2D eigenvalue weighted by molar-refractivity contribution is 0.171. The highest BCUT2D eigenvalue weighted by Crippen LogP contribution is 2.37. The predicted octanol–water partition coefficient (Wildman–Crippen LogP) is 3.26. The van der Waals surface area contributed by atoms with Gasteiger partial charge in [0.2, 0.25) is 5.88 Å². The molecule has 5 rings (SSSR count). The van der Waals surface area contributed by atoms with Crippen molar-refractivity contribution in [1.82, 2.24) is 14.9 Å². The van der Waals surface area contributed by atoms with Crippen molar-refractivity contribution in [3.05, 3.63) is 104 Å². The van der Waals surface area contributed by atoms with Crippen molar-refractivity contribution in [2.24, 2.45) is 0 Å². The van der Waals surface area contributed by atoms with Crippen LogP contribution >= 0.6 is 11.3 Å². The zero-order valence-electron chi connectivity index (χ0n) is 24.6. The normalized spacial score (nSPS) is 13.4. The van der Waals surface area contributed by atoms with Gasteiger partial charge in [-0.1, -0.05) is 6.07 Å². The van der Waals surface area contributed by atoms with Gasteiger partial charge in [-0.3, -0.25) is 4.90 Å². The predicted molar refractivity (Wildman–Crippen MR) is 169 cm³/mol. The summed E-state index contributed by atoms with van der Waals surface area (Å²) in [4.78, 5) is 30.0. The van der Waals surface area contributed by atoms with Gasteiger partial charge in [-0.05, 0) is 23.8 Å². The third-order valence-corrected chi connectivity index (χ3v) is 8.72. The van der Waals surface area contributed by atoms with Crippen LogP contribution in [0.5, 0.6) is 17.4 Å². The Morgan fingerprint density at radius 3 is 2.17 bits per heavy atom. The highest BCUT2D eigenvalue weighted by Gasteiger charge is 2.22. The van der Waals surface area contributed by atoms with E-state index in [9.17, 15) is 23.3 Å². The molecule has 4 heterocycles. The van der Waals surface area contributed by atoms with Gasteiger partial charge in [0, 0.05) is 88.4 Å². The summed E-state index contributed by atoms with van der Waals surface area (Å²) in [5.74, 6) is 4.64. The standard InChI is InChI=1S/C23H22N4O5S2.C11O2/c24-12-19-18(16-1-2-20-21(11-16)31-8-7-30-20)3-4-25-23(19)32-14-22-26-17(15-33-22)13-27-5-9-34(28,29)10-6-27;12-10-8-6-4-2-1-3-5-7-9-11-13/h1-4,11,15H,5-10,13-14H2;. The summed E-state index contributed by atoms with van der Waals surface area (Å²) < 4.78 is 40.3. The van der Waals surface area contributed by atoms with Gasteiger partial charge in [0.25, 0.3) is 0 Å². The number of rotatable bonds is 6. The summed E-state index contributed by atoms with van der Waals surface area (Å²) >= 11 is 1.46. The molecule has 11 nitrogen and oxygen atoms in total. The number of nitriles is 1. The minimum Gasteiger partial charge on any atom is -0.486 e. The monoisotopic (exact) mass is 662 g/mol. The summed E-state index contributed by atoms with van der Waals surface area (Å²) in [6, 6.07) is 9.56. The fourth-order valence-electron chi connectivity index (χ4n) is 4.14. The van der Waals surface area contributed by atoms with E-state index >= 15 is 0 Å². The van der Waals surface area contributed by atoms with Crippen molar-refractivity contribution in [2.75, 3.05) is 37.8 Å². The molecule has 2 aliphatic rings. The second kappa shape index (κ2) is 17.5. The topological polar surface area (TPSA) is 149 Å². The second-order valence-corrected chi connectivity index (χ2v) is 12.5. The van der Waals surface area contributed by atoms with E-state index in [1.165, 1.54) is 23.2 Å². The molecule has 0 saturated carbocycles. The van der Waals surface area contributed by atoms with Crippen molar-refractivity contribution < 1.29 is 32.2 Å². The smallest absolute Gasteiger partial charge is 0.232 e. The molecule has 0 amide bonds. The van der Waals surface area contributed by atoms with Gasteiger partial charge in [-0.15, -0.1) is 11.3 Å². The number of ether oxygens (including phenoxy) is 3. The molecule has 0 bridgehead atoms. The molecule has 3 aromatic rings. The Kier molecular flexibility index (Phi) is 12.6. The van der Waals surface area contributed by atoms with Gasteiger partial charge in [-0.2, -0.15) is 5.26 Å². The lowest BCUT2D eigenvalue weighted by Crippen LogP contribution is -2.39. The summed E-state index contributed by atoms with van der Waals surface area (Å²) in [5.41, 5.74) is 22.5. The van der Waals surface area contributed by atoms with Crippen LogP contribution in [0.1, 0.15) is 16.3 Å². The van der Waals surface area contributed by atoms with Gasteiger partial charge in [0.1, 0.15) is 36.5 Å². The van der Waals surface area contributed by atoms with E-state index < -0.39 is 9.84 Å². The fraction of sp³-hybridized carbons (Fsp3) is 0.235. The van der Waals surface area contributed by atoms with Crippen LogP contribution in [-0.2, 0) is 32.6 Å². The number of hydrogen-bond acceptors (Lipinski definition) is 12. The number of thiazole rings is 1. The van der Waals surface area contributed by atoms with Crippen LogP contribution in [0.15, 0.2) is 87.4 Å². The third kappa shape index (κ3) is 10.5. The Bertz CT molecular complexity index is 2160. The molecule has 232 valence electrons. The number of pyridine rings is 1.